The highest BCUT2D eigenvalue weighted by atomic mass is 32.2. The number of thioether (sulfide) groups is 1. The van der Waals surface area contributed by atoms with Gasteiger partial charge >= 0.3 is 0 Å². The average molecular weight is 331 g/mol. The Bertz CT molecular complexity index is 813. The van der Waals surface area contributed by atoms with Crippen molar-refractivity contribution >= 4 is 29.1 Å². The number of amides is 1. The monoisotopic (exact) mass is 331 g/mol. The van der Waals surface area contributed by atoms with E-state index in [1.165, 1.54) is 11.8 Å². The lowest BCUT2D eigenvalue weighted by molar-refractivity contribution is -0.115. The number of aryl methyl sites for hydroxylation is 1. The fraction of sp³-hybridized carbons (Fsp3) is 0.333. The molecule has 0 aliphatic heterocycles. The van der Waals surface area contributed by atoms with Crippen molar-refractivity contribution in [3.05, 3.63) is 36.2 Å². The Labute approximate surface area is 137 Å². The lowest BCUT2D eigenvalue weighted by atomic mass is 10.2. The van der Waals surface area contributed by atoms with Crippen molar-refractivity contribution < 1.29 is 9.32 Å². The number of fused-ring (bicyclic) bond motifs is 1. The van der Waals surface area contributed by atoms with E-state index in [-0.39, 0.29) is 11.2 Å². The Kier molecular flexibility index (Phi) is 4.61. The molecule has 8 heteroatoms. The first-order chi connectivity index (χ1) is 11.2. The third-order valence-corrected chi connectivity index (χ3v) is 4.48. The molecule has 3 aromatic heterocycles. The van der Waals surface area contributed by atoms with Crippen LogP contribution in [0.3, 0.4) is 0 Å². The summed E-state index contributed by atoms with van der Waals surface area (Å²) in [6.07, 6.45) is 3.51. The fourth-order valence-electron chi connectivity index (χ4n) is 2.16. The number of pyridine rings is 1. The second-order valence-electron chi connectivity index (χ2n) is 5.12. The van der Waals surface area contributed by atoms with Gasteiger partial charge in [-0.25, -0.2) is 0 Å². The van der Waals surface area contributed by atoms with Gasteiger partial charge in [-0.05, 0) is 25.5 Å². The molecule has 120 valence electrons. The van der Waals surface area contributed by atoms with Crippen LogP contribution in [-0.2, 0) is 4.79 Å². The van der Waals surface area contributed by atoms with Gasteiger partial charge in [0.15, 0.2) is 16.6 Å². The van der Waals surface area contributed by atoms with Gasteiger partial charge in [0, 0.05) is 12.3 Å². The van der Waals surface area contributed by atoms with E-state index in [0.717, 1.165) is 18.5 Å². The van der Waals surface area contributed by atoms with Crippen LogP contribution < -0.4 is 5.32 Å². The molecule has 23 heavy (non-hydrogen) atoms. The van der Waals surface area contributed by atoms with Crippen LogP contribution in [-0.4, -0.2) is 30.9 Å². The topological polar surface area (TPSA) is 85.3 Å². The Morgan fingerprint density at radius 1 is 1.43 bits per heavy atom. The summed E-state index contributed by atoms with van der Waals surface area (Å²) in [4.78, 5) is 12.5. The standard InChI is InChI=1S/C15H17N5O2S/c1-3-6-11(14(21)16-12-9-10(2)22-19-12)23-15-18-17-13-7-4-5-8-20(13)15/h4-5,7-9,11H,3,6H2,1-2H3,(H,16,19,21)/t11-/m0/s1. The van der Waals surface area contributed by atoms with E-state index in [9.17, 15) is 4.79 Å². The van der Waals surface area contributed by atoms with Crippen LogP contribution in [0, 0.1) is 6.92 Å². The van der Waals surface area contributed by atoms with Gasteiger partial charge in [-0.1, -0.05) is 36.3 Å². The second-order valence-corrected chi connectivity index (χ2v) is 6.29. The SMILES string of the molecule is CCC[C@H](Sc1nnc2ccccn12)C(=O)Nc1cc(C)on1. The van der Waals surface area contributed by atoms with Crippen molar-refractivity contribution in [1.82, 2.24) is 19.8 Å². The minimum atomic E-state index is -0.274. The largest absolute Gasteiger partial charge is 0.360 e. The maximum atomic E-state index is 12.5. The number of nitrogens with zero attached hydrogens (tertiary/aromatic N) is 4. The molecular weight excluding hydrogens is 314 g/mol. The Morgan fingerprint density at radius 2 is 2.30 bits per heavy atom. The number of carbonyl (C=O) groups excluding carboxylic acids is 1. The highest BCUT2D eigenvalue weighted by Crippen LogP contribution is 2.26. The minimum absolute atomic E-state index is 0.113. The van der Waals surface area contributed by atoms with Gasteiger partial charge in [0.25, 0.3) is 0 Å². The predicted molar refractivity (Wildman–Crippen MR) is 87.4 cm³/mol. The molecule has 0 aromatic carbocycles. The number of hydrogen-bond donors (Lipinski definition) is 1. The van der Waals surface area contributed by atoms with Crippen LogP contribution >= 0.6 is 11.8 Å². The number of rotatable bonds is 6. The second kappa shape index (κ2) is 6.82. The molecule has 3 heterocycles. The molecule has 3 aromatic rings. The first-order valence-electron chi connectivity index (χ1n) is 7.38. The average Bonchev–Trinajstić information content (AvgIpc) is 3.13. The van der Waals surface area contributed by atoms with Crippen LogP contribution in [0.1, 0.15) is 25.5 Å². The van der Waals surface area contributed by atoms with Gasteiger partial charge in [-0.2, -0.15) is 0 Å². The van der Waals surface area contributed by atoms with E-state index in [4.69, 9.17) is 4.52 Å². The third-order valence-electron chi connectivity index (χ3n) is 3.25. The summed E-state index contributed by atoms with van der Waals surface area (Å²) in [5.74, 6) is 0.974. The van der Waals surface area contributed by atoms with Gasteiger partial charge in [-0.15, -0.1) is 10.2 Å². The maximum absolute atomic E-state index is 12.5. The zero-order valence-electron chi connectivity index (χ0n) is 12.9. The summed E-state index contributed by atoms with van der Waals surface area (Å²) in [5.41, 5.74) is 0.762. The van der Waals surface area contributed by atoms with Crippen molar-refractivity contribution in [3.8, 4) is 0 Å². The minimum Gasteiger partial charge on any atom is -0.360 e. The highest BCUT2D eigenvalue weighted by Gasteiger charge is 2.22. The molecule has 3 rings (SSSR count). The van der Waals surface area contributed by atoms with Crippen molar-refractivity contribution in [2.45, 2.75) is 37.1 Å². The van der Waals surface area contributed by atoms with Crippen molar-refractivity contribution in [1.29, 1.82) is 0 Å². The number of anilines is 1. The molecule has 1 N–H and O–H groups in total. The molecule has 0 saturated heterocycles. The Hall–Kier alpha value is -2.35. The van der Waals surface area contributed by atoms with E-state index in [2.05, 4.69) is 20.7 Å². The molecule has 0 unspecified atom stereocenters. The van der Waals surface area contributed by atoms with Crippen LogP contribution in [0.4, 0.5) is 5.82 Å². The van der Waals surface area contributed by atoms with Gasteiger partial charge in [0.2, 0.25) is 5.91 Å². The molecule has 1 atom stereocenters. The molecule has 0 saturated carbocycles. The lowest BCUT2D eigenvalue weighted by Crippen LogP contribution is -2.25. The van der Waals surface area contributed by atoms with Crippen LogP contribution in [0.5, 0.6) is 0 Å². The van der Waals surface area contributed by atoms with Crippen LogP contribution in [0.15, 0.2) is 40.1 Å². The van der Waals surface area contributed by atoms with Gasteiger partial charge in [0.1, 0.15) is 5.76 Å². The highest BCUT2D eigenvalue weighted by molar-refractivity contribution is 8.00. The van der Waals surface area contributed by atoms with Crippen molar-refractivity contribution in [3.63, 3.8) is 0 Å². The first-order valence-corrected chi connectivity index (χ1v) is 8.26. The molecule has 0 bridgehead atoms. The summed E-state index contributed by atoms with van der Waals surface area (Å²) in [6.45, 7) is 3.83. The van der Waals surface area contributed by atoms with Crippen molar-refractivity contribution in [2.75, 3.05) is 5.32 Å². The molecule has 0 aliphatic rings. The summed E-state index contributed by atoms with van der Waals surface area (Å²) >= 11 is 1.40. The molecule has 0 aliphatic carbocycles. The van der Waals surface area contributed by atoms with E-state index in [0.29, 0.717) is 16.7 Å². The van der Waals surface area contributed by atoms with E-state index < -0.39 is 0 Å². The molecule has 0 radical (unpaired) electrons. The first kappa shape index (κ1) is 15.5. The Morgan fingerprint density at radius 3 is 3.04 bits per heavy atom. The summed E-state index contributed by atoms with van der Waals surface area (Å²) in [6, 6.07) is 7.39. The van der Waals surface area contributed by atoms with Gasteiger partial charge in [-0.3, -0.25) is 9.20 Å². The lowest BCUT2D eigenvalue weighted by Gasteiger charge is -2.13. The number of nitrogens with one attached hydrogen (secondary N) is 1. The fourth-order valence-corrected chi connectivity index (χ4v) is 3.29. The maximum Gasteiger partial charge on any atom is 0.239 e. The molecule has 1 amide bonds. The summed E-state index contributed by atoms with van der Waals surface area (Å²) in [7, 11) is 0. The quantitative estimate of drug-likeness (QED) is 0.699. The zero-order chi connectivity index (χ0) is 16.2. The van der Waals surface area contributed by atoms with Crippen molar-refractivity contribution in [2.24, 2.45) is 0 Å². The number of hydrogen-bond acceptors (Lipinski definition) is 6. The van der Waals surface area contributed by atoms with Gasteiger partial charge in [0.05, 0.1) is 5.25 Å². The molecular formula is C15H17N5O2S. The summed E-state index contributed by atoms with van der Waals surface area (Å²) in [5, 5.41) is 15.3. The Balaban J connectivity index is 1.76. The normalized spacial score (nSPS) is 12.4. The van der Waals surface area contributed by atoms with Crippen LogP contribution in [0.2, 0.25) is 0 Å². The van der Waals surface area contributed by atoms with E-state index in [1.807, 2.05) is 35.7 Å². The number of carbonyl (C=O) groups is 1. The molecule has 0 fully saturated rings. The van der Waals surface area contributed by atoms with E-state index in [1.54, 1.807) is 13.0 Å². The molecule has 0 spiro atoms. The zero-order valence-corrected chi connectivity index (χ0v) is 13.7. The van der Waals surface area contributed by atoms with E-state index >= 15 is 0 Å². The van der Waals surface area contributed by atoms with Crippen LogP contribution in [0.25, 0.3) is 5.65 Å². The predicted octanol–water partition coefficient (Wildman–Crippen LogP) is 2.93. The smallest absolute Gasteiger partial charge is 0.239 e. The van der Waals surface area contributed by atoms with Gasteiger partial charge < -0.3 is 9.84 Å². The third kappa shape index (κ3) is 3.53. The molecule has 7 nitrogen and oxygen atoms in total. The number of aromatic nitrogens is 4. The summed E-state index contributed by atoms with van der Waals surface area (Å²) < 4.78 is 6.85.